The van der Waals surface area contributed by atoms with Gasteiger partial charge in [0.1, 0.15) is 0 Å². The predicted molar refractivity (Wildman–Crippen MR) is 113 cm³/mol. The van der Waals surface area contributed by atoms with Crippen molar-refractivity contribution in [1.29, 1.82) is 0 Å². The summed E-state index contributed by atoms with van der Waals surface area (Å²) in [6.45, 7) is 10.9. The largest absolute Gasteiger partial charge is 0.268 e. The fourth-order valence-corrected chi connectivity index (χ4v) is 3.60. The van der Waals surface area contributed by atoms with E-state index in [-0.39, 0.29) is 5.41 Å². The summed E-state index contributed by atoms with van der Waals surface area (Å²) >= 11 is 0. The van der Waals surface area contributed by atoms with Gasteiger partial charge in [-0.1, -0.05) is 57.0 Å². The van der Waals surface area contributed by atoms with E-state index in [2.05, 4.69) is 76.1 Å². The fourth-order valence-electron chi connectivity index (χ4n) is 3.60. The molecule has 1 heterocycles. The average molecular weight is 348 g/mol. The van der Waals surface area contributed by atoms with Crippen molar-refractivity contribution in [1.82, 2.24) is 0 Å². The third-order valence-electron chi connectivity index (χ3n) is 5.21. The highest BCUT2D eigenvalue weighted by Crippen LogP contribution is 2.40. The molecule has 2 aromatic carbocycles. The molecule has 0 bridgehead atoms. The number of nitrogens with zero attached hydrogens (tertiary/aromatic N) is 3. The van der Waals surface area contributed by atoms with Crippen LogP contribution in [0.2, 0.25) is 0 Å². The van der Waals surface area contributed by atoms with E-state index >= 15 is 0 Å². The second kappa shape index (κ2) is 7.06. The van der Waals surface area contributed by atoms with Crippen LogP contribution in [0.15, 0.2) is 46.5 Å². The van der Waals surface area contributed by atoms with Gasteiger partial charge in [0.25, 0.3) is 0 Å². The van der Waals surface area contributed by atoms with Crippen molar-refractivity contribution >= 4 is 23.3 Å². The number of aliphatic imine (C=N–C) groups is 1. The number of hydrazone groups is 1. The number of aryl methyl sites for hydroxylation is 3. The Morgan fingerprint density at radius 2 is 1.88 bits per heavy atom. The molecule has 26 heavy (non-hydrogen) atoms. The zero-order valence-corrected chi connectivity index (χ0v) is 16.8. The molecule has 1 aliphatic heterocycles. The highest BCUT2D eigenvalue weighted by atomic mass is 15.4. The van der Waals surface area contributed by atoms with Crippen LogP contribution in [0, 0.1) is 13.8 Å². The van der Waals surface area contributed by atoms with Crippen LogP contribution in [0.4, 0.5) is 11.4 Å². The standard InChI is InChI=1S/C23H29N3/c1-7-8-18-10-11-20-19(14-18)23(4,5)22(25-20)15-24-26(6)21-12-9-16(2)13-17(21)3/h9-15H,7-8H2,1-6H3/b24-15+. The van der Waals surface area contributed by atoms with Gasteiger partial charge in [0.2, 0.25) is 0 Å². The van der Waals surface area contributed by atoms with Crippen molar-refractivity contribution in [2.24, 2.45) is 10.1 Å². The van der Waals surface area contributed by atoms with E-state index in [0.29, 0.717) is 0 Å². The lowest BCUT2D eigenvalue weighted by Gasteiger charge is -2.21. The Morgan fingerprint density at radius 3 is 2.58 bits per heavy atom. The number of hydrogen-bond acceptors (Lipinski definition) is 3. The second-order valence-corrected chi connectivity index (χ2v) is 7.78. The van der Waals surface area contributed by atoms with Crippen LogP contribution < -0.4 is 5.01 Å². The summed E-state index contributed by atoms with van der Waals surface area (Å²) < 4.78 is 0. The molecule has 0 saturated carbocycles. The van der Waals surface area contributed by atoms with E-state index < -0.39 is 0 Å². The number of fused-ring (bicyclic) bond motifs is 1. The van der Waals surface area contributed by atoms with Gasteiger partial charge in [-0.15, -0.1) is 0 Å². The number of hydrogen-bond donors (Lipinski definition) is 0. The lowest BCUT2D eigenvalue weighted by Crippen LogP contribution is -2.27. The van der Waals surface area contributed by atoms with Gasteiger partial charge in [-0.2, -0.15) is 5.10 Å². The SMILES string of the molecule is CCCc1ccc2c(c1)C(C)(C)C(/C=N/N(C)c1ccc(C)cc1C)=N2. The molecule has 136 valence electrons. The normalized spacial score (nSPS) is 15.2. The second-order valence-electron chi connectivity index (χ2n) is 7.78. The van der Waals surface area contributed by atoms with E-state index in [0.717, 1.165) is 29.9 Å². The molecule has 3 nitrogen and oxygen atoms in total. The fraction of sp³-hybridized carbons (Fsp3) is 0.391. The van der Waals surface area contributed by atoms with Crippen LogP contribution in [0.3, 0.4) is 0 Å². The van der Waals surface area contributed by atoms with Gasteiger partial charge < -0.3 is 0 Å². The number of benzene rings is 2. The van der Waals surface area contributed by atoms with Crippen molar-refractivity contribution in [3.8, 4) is 0 Å². The van der Waals surface area contributed by atoms with Crippen LogP contribution in [0.5, 0.6) is 0 Å². The van der Waals surface area contributed by atoms with E-state index in [1.165, 1.54) is 22.3 Å². The van der Waals surface area contributed by atoms with Gasteiger partial charge in [-0.25, -0.2) is 0 Å². The molecular weight excluding hydrogens is 318 g/mol. The summed E-state index contributed by atoms with van der Waals surface area (Å²) in [6, 6.07) is 13.1. The maximum Gasteiger partial charge on any atom is 0.0712 e. The van der Waals surface area contributed by atoms with E-state index in [4.69, 9.17) is 4.99 Å². The first kappa shape index (κ1) is 18.4. The minimum absolute atomic E-state index is 0.119. The molecule has 0 aromatic heterocycles. The van der Waals surface area contributed by atoms with E-state index in [1.54, 1.807) is 0 Å². The summed E-state index contributed by atoms with van der Waals surface area (Å²) in [5.74, 6) is 0. The molecule has 0 atom stereocenters. The lowest BCUT2D eigenvalue weighted by atomic mass is 9.81. The summed E-state index contributed by atoms with van der Waals surface area (Å²) in [4.78, 5) is 4.85. The Hall–Kier alpha value is -2.42. The zero-order valence-electron chi connectivity index (χ0n) is 16.8. The topological polar surface area (TPSA) is 28.0 Å². The first-order valence-electron chi connectivity index (χ1n) is 9.40. The monoisotopic (exact) mass is 347 g/mol. The highest BCUT2D eigenvalue weighted by Gasteiger charge is 2.34. The van der Waals surface area contributed by atoms with Gasteiger partial charge in [0, 0.05) is 12.5 Å². The van der Waals surface area contributed by atoms with Crippen LogP contribution >= 0.6 is 0 Å². The Kier molecular flexibility index (Phi) is 4.99. The number of rotatable bonds is 5. The van der Waals surface area contributed by atoms with Crippen LogP contribution in [-0.4, -0.2) is 19.0 Å². The van der Waals surface area contributed by atoms with Crippen molar-refractivity contribution in [3.63, 3.8) is 0 Å². The third kappa shape index (κ3) is 3.44. The smallest absolute Gasteiger partial charge is 0.0712 e. The molecular formula is C23H29N3. The first-order chi connectivity index (χ1) is 12.3. The zero-order chi connectivity index (χ0) is 18.9. The minimum atomic E-state index is -0.119. The van der Waals surface area contributed by atoms with Gasteiger partial charge in [0.15, 0.2) is 0 Å². The van der Waals surface area contributed by atoms with Gasteiger partial charge in [-0.05, 0) is 49.1 Å². The molecule has 3 heteroatoms. The molecule has 0 radical (unpaired) electrons. The van der Waals surface area contributed by atoms with E-state index in [1.807, 2.05) is 18.3 Å². The molecule has 0 fully saturated rings. The molecule has 0 unspecified atom stereocenters. The van der Waals surface area contributed by atoms with Crippen molar-refractivity contribution in [2.75, 3.05) is 12.1 Å². The Bertz CT molecular complexity index is 875. The maximum absolute atomic E-state index is 4.85. The highest BCUT2D eigenvalue weighted by molar-refractivity contribution is 6.36. The molecule has 0 spiro atoms. The molecule has 1 aliphatic rings. The molecule has 0 saturated heterocycles. The predicted octanol–water partition coefficient (Wildman–Crippen LogP) is 5.74. The van der Waals surface area contributed by atoms with Crippen LogP contribution in [0.25, 0.3) is 0 Å². The van der Waals surface area contributed by atoms with Crippen LogP contribution in [0.1, 0.15) is 49.4 Å². The minimum Gasteiger partial charge on any atom is -0.268 e. The van der Waals surface area contributed by atoms with Crippen molar-refractivity contribution in [3.05, 3.63) is 58.7 Å². The number of anilines is 1. The lowest BCUT2D eigenvalue weighted by molar-refractivity contribution is 0.741. The Labute approximate surface area is 157 Å². The molecule has 0 amide bonds. The molecule has 3 rings (SSSR count). The van der Waals surface area contributed by atoms with Crippen molar-refractivity contribution < 1.29 is 0 Å². The van der Waals surface area contributed by atoms with Crippen molar-refractivity contribution in [2.45, 2.75) is 52.9 Å². The van der Waals surface area contributed by atoms with Gasteiger partial charge in [0.05, 0.1) is 23.3 Å². The maximum atomic E-state index is 4.85. The Balaban J connectivity index is 1.85. The third-order valence-corrected chi connectivity index (χ3v) is 5.21. The van der Waals surface area contributed by atoms with Gasteiger partial charge >= 0.3 is 0 Å². The summed E-state index contributed by atoms with van der Waals surface area (Å²) in [5.41, 5.74) is 8.27. The quantitative estimate of drug-likeness (QED) is 0.500. The molecule has 2 aromatic rings. The summed E-state index contributed by atoms with van der Waals surface area (Å²) in [6.07, 6.45) is 4.19. The van der Waals surface area contributed by atoms with E-state index in [9.17, 15) is 0 Å². The van der Waals surface area contributed by atoms with Crippen LogP contribution in [-0.2, 0) is 11.8 Å². The summed E-state index contributed by atoms with van der Waals surface area (Å²) in [7, 11) is 1.99. The first-order valence-corrected chi connectivity index (χ1v) is 9.40. The molecule has 0 aliphatic carbocycles. The summed E-state index contributed by atoms with van der Waals surface area (Å²) in [5, 5.41) is 6.61. The molecule has 0 N–H and O–H groups in total. The van der Waals surface area contributed by atoms with Gasteiger partial charge in [-0.3, -0.25) is 10.0 Å². The average Bonchev–Trinajstić information content (AvgIpc) is 2.83. The Morgan fingerprint density at radius 1 is 1.12 bits per heavy atom.